The first-order valence-corrected chi connectivity index (χ1v) is 24.2. The first-order valence-electron chi connectivity index (χ1n) is 23.8. The largest absolute Gasteiger partial charge is 0.399 e. The van der Waals surface area contributed by atoms with Crippen molar-refractivity contribution in [3.05, 3.63) is 106 Å². The van der Waals surface area contributed by atoms with Gasteiger partial charge in [-0.1, -0.05) is 11.6 Å². The van der Waals surface area contributed by atoms with Gasteiger partial charge in [-0.3, -0.25) is 29.0 Å². The highest BCUT2D eigenvalue weighted by Gasteiger charge is 2.28. The van der Waals surface area contributed by atoms with Crippen molar-refractivity contribution in [2.75, 3.05) is 102 Å². The molecular formula is C53H58ClF2N9O6. The minimum Gasteiger partial charge on any atom is -0.399 e. The molecule has 0 aliphatic carbocycles. The Morgan fingerprint density at radius 3 is 1.73 bits per heavy atom. The molecule has 0 unspecified atom stereocenters. The van der Waals surface area contributed by atoms with Gasteiger partial charge in [0.05, 0.1) is 48.2 Å². The number of nitrogen functional groups attached to an aromatic ring is 1. The zero-order chi connectivity index (χ0) is 50.3. The van der Waals surface area contributed by atoms with Crippen LogP contribution in [0.1, 0.15) is 56.2 Å². The zero-order valence-electron chi connectivity index (χ0n) is 40.4. The maximum atomic E-state index is 14.1. The van der Waals surface area contributed by atoms with E-state index in [0.717, 1.165) is 97.1 Å². The Hall–Kier alpha value is -6.95. The van der Waals surface area contributed by atoms with Crippen LogP contribution in [0.25, 0.3) is 21.8 Å². The molecule has 4 aromatic carbocycles. The number of amides is 3. The van der Waals surface area contributed by atoms with Gasteiger partial charge in [0.1, 0.15) is 29.1 Å². The number of fused-ring (bicyclic) bond motifs is 2. The van der Waals surface area contributed by atoms with Crippen molar-refractivity contribution in [1.82, 2.24) is 9.97 Å². The number of morpholine rings is 2. The molecule has 4 aliphatic heterocycles. The number of Topliss-reactive ketones (excluding diaryl/α,β-unsaturated/α-hetero) is 1. The number of ether oxygens (including phenoxy) is 2. The van der Waals surface area contributed by atoms with Crippen LogP contribution in [-0.2, 0) is 35.1 Å². The molecule has 0 atom stereocenters. The van der Waals surface area contributed by atoms with Gasteiger partial charge in [-0.05, 0) is 99.8 Å². The number of rotatable bonds is 9. The number of hydrogen-bond acceptors (Lipinski definition) is 12. The minimum atomic E-state index is -0.388. The minimum absolute atomic E-state index is 0.0181. The fourth-order valence-corrected chi connectivity index (χ4v) is 9.48. The van der Waals surface area contributed by atoms with Gasteiger partial charge < -0.3 is 35.6 Å². The number of hydrogen-bond donors (Lipinski definition) is 3. The number of nitrogens with two attached hydrogens (primary N) is 1. The smallest absolute Gasteiger partial charge is 0.228 e. The average molecular weight is 991 g/mol. The number of carbonyl (C=O) groups excluding carboxylic acids is 4. The average Bonchev–Trinajstić information content (AvgIpc) is 3.98. The lowest BCUT2D eigenvalue weighted by Crippen LogP contribution is -2.36. The maximum absolute atomic E-state index is 14.1. The second-order valence-corrected chi connectivity index (χ2v) is 18.4. The van der Waals surface area contributed by atoms with Gasteiger partial charge in [0, 0.05) is 128 Å². The monoisotopic (exact) mass is 989 g/mol. The third kappa shape index (κ3) is 12.2. The van der Waals surface area contributed by atoms with Crippen LogP contribution in [0, 0.1) is 25.5 Å². The van der Waals surface area contributed by atoms with E-state index in [1.807, 2.05) is 50.2 Å². The Kier molecular flexibility index (Phi) is 15.9. The Balaban J connectivity index is 0.000000158. The van der Waals surface area contributed by atoms with Crippen LogP contribution in [0.15, 0.2) is 72.8 Å². The molecular weight excluding hydrogens is 932 g/mol. The van der Waals surface area contributed by atoms with E-state index in [0.29, 0.717) is 90.0 Å². The van der Waals surface area contributed by atoms with Crippen LogP contribution in [0.4, 0.5) is 54.5 Å². The van der Waals surface area contributed by atoms with Crippen molar-refractivity contribution in [2.45, 2.75) is 59.8 Å². The molecule has 4 saturated heterocycles. The molecule has 4 N–H and O–H groups in total. The van der Waals surface area contributed by atoms with Crippen LogP contribution in [0.5, 0.6) is 0 Å². The number of carbonyl (C=O) groups is 4. The molecule has 0 spiro atoms. The molecule has 10 rings (SSSR count). The molecule has 0 bridgehead atoms. The summed E-state index contributed by atoms with van der Waals surface area (Å²) in [5, 5.41) is 8.36. The Morgan fingerprint density at radius 1 is 0.676 bits per heavy atom. The lowest BCUT2D eigenvalue weighted by Gasteiger charge is -2.30. The fraction of sp³-hybridized carbons (Fsp3) is 0.358. The van der Waals surface area contributed by atoms with Gasteiger partial charge >= 0.3 is 0 Å². The molecule has 0 radical (unpaired) electrons. The Morgan fingerprint density at radius 2 is 1.20 bits per heavy atom. The molecule has 0 saturated carbocycles. The lowest BCUT2D eigenvalue weighted by molar-refractivity contribution is -0.117. The second-order valence-electron chi connectivity index (χ2n) is 18.0. The van der Waals surface area contributed by atoms with Gasteiger partial charge in [-0.15, -0.1) is 0 Å². The number of nitrogens with zero attached hydrogens (tertiary/aromatic N) is 6. The standard InChI is InChI=1S/C26H28FN5O3.C14H12ClFN2O.C13H18N2O2/c1-16-25(22-6-5-18(27)12-23(22)30-26(16)32-7-3-4-24(32)34)29-20-13-19(28-17(2)33)14-21(15-20)31-8-10-35-11-9-31;1-8-13(15)10-5-4-9(16)7-11(10)17-14(8)18-6-2-3-12(18)19;1-10(16)6-11-7-12(14)9-13(8-11)15-2-4-17-5-3-15/h5-6,12-15H,3-4,7-11H2,1-2H3,(H,28,33)(H,29,30);4-5,7H,2-3,6H2,1H3;7-9H,2-6,14H2,1H3. The molecule has 15 nitrogen and oxygen atoms in total. The molecule has 18 heteroatoms. The van der Waals surface area contributed by atoms with Crippen molar-refractivity contribution in [3.8, 4) is 0 Å². The molecule has 71 heavy (non-hydrogen) atoms. The van der Waals surface area contributed by atoms with E-state index in [-0.39, 0.29) is 35.1 Å². The molecule has 372 valence electrons. The van der Waals surface area contributed by atoms with E-state index in [2.05, 4.69) is 30.4 Å². The van der Waals surface area contributed by atoms with Gasteiger partial charge in [0.2, 0.25) is 17.7 Å². The predicted molar refractivity (Wildman–Crippen MR) is 276 cm³/mol. The van der Waals surface area contributed by atoms with E-state index >= 15 is 0 Å². The van der Waals surface area contributed by atoms with Crippen molar-refractivity contribution >= 4 is 103 Å². The van der Waals surface area contributed by atoms with E-state index in [9.17, 15) is 28.0 Å². The van der Waals surface area contributed by atoms with Gasteiger partial charge in [0.25, 0.3) is 0 Å². The molecule has 4 fully saturated rings. The topological polar surface area (TPSA) is 176 Å². The fourth-order valence-electron chi connectivity index (χ4n) is 9.23. The Bertz CT molecular complexity index is 3000. The number of anilines is 8. The number of pyridine rings is 2. The number of halogens is 3. The number of aromatic nitrogens is 2. The third-order valence-corrected chi connectivity index (χ3v) is 13.1. The lowest BCUT2D eigenvalue weighted by atomic mass is 10.1. The molecule has 6 heterocycles. The summed E-state index contributed by atoms with van der Waals surface area (Å²) in [5.74, 6) is 0.394. The predicted octanol–water partition coefficient (Wildman–Crippen LogP) is 9.05. The highest BCUT2D eigenvalue weighted by molar-refractivity contribution is 6.36. The summed E-state index contributed by atoms with van der Waals surface area (Å²) in [6.07, 6.45) is 3.04. The first-order chi connectivity index (χ1) is 34.1. The summed E-state index contributed by atoms with van der Waals surface area (Å²) in [4.78, 5) is 64.1. The van der Waals surface area contributed by atoms with Gasteiger partial charge in [0.15, 0.2) is 0 Å². The molecule has 2 aromatic heterocycles. The van der Waals surface area contributed by atoms with Gasteiger partial charge in [-0.2, -0.15) is 0 Å². The van der Waals surface area contributed by atoms with E-state index in [1.165, 1.54) is 31.2 Å². The molecule has 3 amide bonds. The van der Waals surface area contributed by atoms with Crippen LogP contribution in [0.2, 0.25) is 5.02 Å². The number of nitrogens with one attached hydrogen (secondary N) is 2. The summed E-state index contributed by atoms with van der Waals surface area (Å²) in [7, 11) is 0. The van der Waals surface area contributed by atoms with E-state index < -0.39 is 0 Å². The summed E-state index contributed by atoms with van der Waals surface area (Å²) >= 11 is 6.31. The number of benzene rings is 4. The SMILES string of the molecule is CC(=O)Cc1cc(N)cc(N2CCOCC2)c1.CC(=O)Nc1cc(Nc2c(C)c(N3CCCC3=O)nc3cc(F)ccc23)cc(N2CCOCC2)c1.Cc1c(N2CCCC2=O)nc2cc(F)ccc2c1Cl. The summed E-state index contributed by atoms with van der Waals surface area (Å²) in [6, 6.07) is 20.5. The Labute approximate surface area is 416 Å². The number of ketones is 1. The second kappa shape index (κ2) is 22.4. The van der Waals surface area contributed by atoms with Crippen LogP contribution in [0.3, 0.4) is 0 Å². The first kappa shape index (κ1) is 50.4. The summed E-state index contributed by atoms with van der Waals surface area (Å²) < 4.78 is 38.2. The van der Waals surface area contributed by atoms with Crippen LogP contribution >= 0.6 is 11.6 Å². The summed E-state index contributed by atoms with van der Waals surface area (Å²) in [6.45, 7) is 14.1. The van der Waals surface area contributed by atoms with E-state index in [4.69, 9.17) is 26.8 Å². The van der Waals surface area contributed by atoms with Crippen molar-refractivity contribution in [1.29, 1.82) is 0 Å². The van der Waals surface area contributed by atoms with Crippen molar-refractivity contribution in [3.63, 3.8) is 0 Å². The van der Waals surface area contributed by atoms with Crippen LogP contribution in [-0.4, -0.2) is 99.2 Å². The maximum Gasteiger partial charge on any atom is 0.228 e. The normalized spacial score (nSPS) is 15.9. The van der Waals surface area contributed by atoms with Crippen LogP contribution < -0.4 is 36.0 Å². The van der Waals surface area contributed by atoms with Gasteiger partial charge in [-0.25, -0.2) is 18.7 Å². The quantitative estimate of drug-likeness (QED) is 0.117. The highest BCUT2D eigenvalue weighted by Crippen LogP contribution is 2.38. The zero-order valence-corrected chi connectivity index (χ0v) is 41.1. The summed E-state index contributed by atoms with van der Waals surface area (Å²) in [5.41, 5.74) is 14.3. The molecule has 6 aromatic rings. The van der Waals surface area contributed by atoms with E-state index in [1.54, 1.807) is 28.9 Å². The third-order valence-electron chi connectivity index (χ3n) is 12.6. The van der Waals surface area contributed by atoms with Crippen molar-refractivity contribution < 1.29 is 37.4 Å². The highest BCUT2D eigenvalue weighted by atomic mass is 35.5. The van der Waals surface area contributed by atoms with Crippen molar-refractivity contribution in [2.24, 2.45) is 0 Å². The molecule has 4 aliphatic rings.